The molecular weight excluding hydrogens is 248 g/mol. The Balaban J connectivity index is 1.54. The molecular formula is C16H16N4. The van der Waals surface area contributed by atoms with Crippen molar-refractivity contribution in [2.75, 3.05) is 0 Å². The number of hydrogen-bond donors (Lipinski definition) is 2. The van der Waals surface area contributed by atoms with E-state index in [-0.39, 0.29) is 0 Å². The average molecular weight is 264 g/mol. The van der Waals surface area contributed by atoms with Crippen LogP contribution in [0.2, 0.25) is 0 Å². The summed E-state index contributed by atoms with van der Waals surface area (Å²) in [6, 6.07) is 12.7. The van der Waals surface area contributed by atoms with Gasteiger partial charge in [0.1, 0.15) is 0 Å². The molecule has 0 saturated carbocycles. The molecule has 1 aromatic carbocycles. The van der Waals surface area contributed by atoms with E-state index in [0.29, 0.717) is 6.04 Å². The van der Waals surface area contributed by atoms with E-state index < -0.39 is 0 Å². The Labute approximate surface area is 117 Å². The minimum Gasteiger partial charge on any atom is -0.303 e. The fourth-order valence-electron chi connectivity index (χ4n) is 2.99. The van der Waals surface area contributed by atoms with Crippen molar-refractivity contribution < 1.29 is 0 Å². The first-order valence-electron chi connectivity index (χ1n) is 7.01. The van der Waals surface area contributed by atoms with Gasteiger partial charge < -0.3 is 5.32 Å². The third-order valence-corrected chi connectivity index (χ3v) is 4.02. The van der Waals surface area contributed by atoms with Gasteiger partial charge in [-0.2, -0.15) is 5.10 Å². The van der Waals surface area contributed by atoms with E-state index in [9.17, 15) is 0 Å². The molecule has 0 radical (unpaired) electrons. The van der Waals surface area contributed by atoms with Gasteiger partial charge in [0.15, 0.2) is 0 Å². The summed E-state index contributed by atoms with van der Waals surface area (Å²) >= 11 is 0. The van der Waals surface area contributed by atoms with Crippen LogP contribution in [0, 0.1) is 0 Å². The van der Waals surface area contributed by atoms with E-state index in [1.165, 1.54) is 16.6 Å². The number of para-hydroxylation sites is 1. The number of pyridine rings is 1. The lowest BCUT2D eigenvalue weighted by Gasteiger charge is -2.12. The predicted molar refractivity (Wildman–Crippen MR) is 78.2 cm³/mol. The van der Waals surface area contributed by atoms with Gasteiger partial charge in [-0.05, 0) is 30.5 Å². The molecule has 2 N–H and O–H groups in total. The van der Waals surface area contributed by atoms with Crippen LogP contribution >= 0.6 is 0 Å². The highest BCUT2D eigenvalue weighted by atomic mass is 15.1. The third kappa shape index (κ3) is 1.89. The summed E-state index contributed by atoms with van der Waals surface area (Å²) in [5, 5.41) is 12.2. The van der Waals surface area contributed by atoms with Crippen molar-refractivity contribution >= 4 is 10.9 Å². The first-order chi connectivity index (χ1) is 9.92. The number of benzene rings is 1. The second-order valence-electron chi connectivity index (χ2n) is 5.24. The van der Waals surface area contributed by atoms with Gasteiger partial charge in [0.25, 0.3) is 0 Å². The number of fused-ring (bicyclic) bond motifs is 2. The van der Waals surface area contributed by atoms with E-state index in [2.05, 4.69) is 32.6 Å². The van der Waals surface area contributed by atoms with Crippen LogP contribution < -0.4 is 5.32 Å². The maximum atomic E-state index is 4.51. The van der Waals surface area contributed by atoms with Crippen LogP contribution in [0.3, 0.4) is 0 Å². The number of rotatable bonds is 3. The molecule has 3 aromatic rings. The number of H-pyrrole nitrogens is 1. The third-order valence-electron chi connectivity index (χ3n) is 4.02. The summed E-state index contributed by atoms with van der Waals surface area (Å²) in [4.78, 5) is 4.51. The molecule has 4 rings (SSSR count). The number of aromatic nitrogens is 3. The largest absolute Gasteiger partial charge is 0.303 e. The predicted octanol–water partition coefficient (Wildman–Crippen LogP) is 2.74. The Morgan fingerprint density at radius 1 is 1.20 bits per heavy atom. The second-order valence-corrected chi connectivity index (χ2v) is 5.24. The van der Waals surface area contributed by atoms with Crippen molar-refractivity contribution in [1.29, 1.82) is 0 Å². The van der Waals surface area contributed by atoms with Crippen LogP contribution in [-0.4, -0.2) is 15.2 Å². The Hall–Kier alpha value is -2.20. The highest BCUT2D eigenvalue weighted by molar-refractivity contribution is 5.81. The highest BCUT2D eigenvalue weighted by Gasteiger charge is 2.23. The van der Waals surface area contributed by atoms with Crippen LogP contribution in [0.4, 0.5) is 0 Å². The van der Waals surface area contributed by atoms with Crippen molar-refractivity contribution in [3.05, 3.63) is 59.5 Å². The molecule has 0 bridgehead atoms. The first-order valence-corrected chi connectivity index (χ1v) is 7.01. The van der Waals surface area contributed by atoms with E-state index in [1.54, 1.807) is 0 Å². The van der Waals surface area contributed by atoms with Gasteiger partial charge in [0.2, 0.25) is 0 Å². The lowest BCUT2D eigenvalue weighted by atomic mass is 10.2. The normalized spacial score (nSPS) is 17.5. The number of hydrogen-bond acceptors (Lipinski definition) is 3. The molecule has 0 spiro atoms. The minimum atomic E-state index is 0.355. The van der Waals surface area contributed by atoms with Crippen molar-refractivity contribution in [3.8, 4) is 0 Å². The molecule has 100 valence electrons. The molecule has 0 fully saturated rings. The molecule has 0 amide bonds. The first kappa shape index (κ1) is 11.6. The topological polar surface area (TPSA) is 53.6 Å². The molecule has 20 heavy (non-hydrogen) atoms. The van der Waals surface area contributed by atoms with Gasteiger partial charge in [-0.25, -0.2) is 0 Å². The Kier molecular flexibility index (Phi) is 2.74. The molecule has 4 nitrogen and oxygen atoms in total. The number of nitrogens with one attached hydrogen (secondary N) is 2. The summed E-state index contributed by atoms with van der Waals surface area (Å²) in [5.41, 5.74) is 4.75. The fourth-order valence-corrected chi connectivity index (χ4v) is 2.99. The number of aromatic amines is 1. The zero-order valence-corrected chi connectivity index (χ0v) is 11.1. The van der Waals surface area contributed by atoms with E-state index in [0.717, 1.165) is 30.6 Å². The summed E-state index contributed by atoms with van der Waals surface area (Å²) in [6.07, 6.45) is 4.12. The lowest BCUT2D eigenvalue weighted by Crippen LogP contribution is -2.19. The summed E-state index contributed by atoms with van der Waals surface area (Å²) in [7, 11) is 0. The maximum absolute atomic E-state index is 4.51. The molecule has 1 aliphatic rings. The SMILES string of the molecule is c1cnc2c(c1)CC[C@@H]2NCc1[nH]nc2ccccc12. The smallest absolute Gasteiger partial charge is 0.0924 e. The fraction of sp³-hybridized carbons (Fsp3) is 0.250. The quantitative estimate of drug-likeness (QED) is 0.764. The molecule has 2 heterocycles. The second kappa shape index (κ2) is 4.72. The van der Waals surface area contributed by atoms with Crippen LogP contribution in [-0.2, 0) is 13.0 Å². The van der Waals surface area contributed by atoms with Gasteiger partial charge in [-0.15, -0.1) is 0 Å². The average Bonchev–Trinajstić information content (AvgIpc) is 3.09. The van der Waals surface area contributed by atoms with Crippen LogP contribution in [0.1, 0.15) is 29.4 Å². The van der Waals surface area contributed by atoms with Crippen molar-refractivity contribution in [1.82, 2.24) is 20.5 Å². The van der Waals surface area contributed by atoms with Crippen molar-refractivity contribution in [3.63, 3.8) is 0 Å². The molecule has 2 aromatic heterocycles. The molecule has 0 unspecified atom stereocenters. The molecule has 4 heteroatoms. The van der Waals surface area contributed by atoms with Crippen LogP contribution in [0.15, 0.2) is 42.6 Å². The van der Waals surface area contributed by atoms with E-state index in [1.807, 2.05) is 30.5 Å². The Morgan fingerprint density at radius 3 is 3.15 bits per heavy atom. The monoisotopic (exact) mass is 264 g/mol. The van der Waals surface area contributed by atoms with Crippen LogP contribution in [0.5, 0.6) is 0 Å². The van der Waals surface area contributed by atoms with Gasteiger partial charge in [-0.3, -0.25) is 10.1 Å². The zero-order chi connectivity index (χ0) is 13.4. The molecule has 1 atom stereocenters. The molecule has 0 saturated heterocycles. The van der Waals surface area contributed by atoms with E-state index >= 15 is 0 Å². The molecule has 1 aliphatic carbocycles. The van der Waals surface area contributed by atoms with Crippen molar-refractivity contribution in [2.24, 2.45) is 0 Å². The molecule has 0 aliphatic heterocycles. The maximum Gasteiger partial charge on any atom is 0.0924 e. The number of nitrogens with zero attached hydrogens (tertiary/aromatic N) is 2. The summed E-state index contributed by atoms with van der Waals surface area (Å²) < 4.78 is 0. The van der Waals surface area contributed by atoms with Gasteiger partial charge >= 0.3 is 0 Å². The Bertz CT molecular complexity index is 747. The summed E-state index contributed by atoms with van der Waals surface area (Å²) in [6.45, 7) is 0.793. The van der Waals surface area contributed by atoms with Crippen molar-refractivity contribution in [2.45, 2.75) is 25.4 Å². The minimum absolute atomic E-state index is 0.355. The standard InChI is InChI=1S/C16H16N4/c1-2-6-13-12(5-1)15(20-19-13)10-18-14-8-7-11-4-3-9-17-16(11)14/h1-6,9,14,18H,7-8,10H2,(H,19,20)/t14-/m0/s1. The van der Waals surface area contributed by atoms with E-state index in [4.69, 9.17) is 0 Å². The summed E-state index contributed by atoms with van der Waals surface area (Å²) in [5.74, 6) is 0. The zero-order valence-electron chi connectivity index (χ0n) is 11.1. The lowest BCUT2D eigenvalue weighted by molar-refractivity contribution is 0.517. The van der Waals surface area contributed by atoms with Crippen LogP contribution in [0.25, 0.3) is 10.9 Å². The van der Waals surface area contributed by atoms with Gasteiger partial charge in [-0.1, -0.05) is 24.3 Å². The Morgan fingerprint density at radius 2 is 2.15 bits per heavy atom. The highest BCUT2D eigenvalue weighted by Crippen LogP contribution is 2.29. The number of aryl methyl sites for hydroxylation is 1. The van der Waals surface area contributed by atoms with Gasteiger partial charge in [0.05, 0.1) is 22.9 Å². The van der Waals surface area contributed by atoms with Gasteiger partial charge in [0, 0.05) is 18.1 Å².